The van der Waals surface area contributed by atoms with Gasteiger partial charge in [0.25, 0.3) is 0 Å². The van der Waals surface area contributed by atoms with Gasteiger partial charge in [0, 0.05) is 6.61 Å². The highest BCUT2D eigenvalue weighted by Gasteiger charge is 2.50. The first-order chi connectivity index (χ1) is 14.8. The number of rotatable bonds is 7. The van der Waals surface area contributed by atoms with Crippen molar-refractivity contribution in [2.24, 2.45) is 0 Å². The second kappa shape index (κ2) is 10.5. The van der Waals surface area contributed by atoms with Gasteiger partial charge in [-0.25, -0.2) is 0 Å². The summed E-state index contributed by atoms with van der Waals surface area (Å²) in [5, 5.41) is 69.5. The minimum absolute atomic E-state index is 0.0109. The molecule has 0 radical (unpaired) electrons. The van der Waals surface area contributed by atoms with Gasteiger partial charge in [-0.3, -0.25) is 0 Å². The third-order valence-electron chi connectivity index (χ3n) is 5.50. The third kappa shape index (κ3) is 5.34. The summed E-state index contributed by atoms with van der Waals surface area (Å²) in [4.78, 5) is 0. The van der Waals surface area contributed by atoms with Crippen molar-refractivity contribution in [2.45, 2.75) is 74.8 Å². The van der Waals surface area contributed by atoms with Crippen LogP contribution in [0.25, 0.3) is 0 Å². The topological polar surface area (TPSA) is 179 Å². The van der Waals surface area contributed by atoms with E-state index in [0.717, 1.165) is 5.56 Å². The van der Waals surface area contributed by atoms with Gasteiger partial charge in [0.05, 0.1) is 12.7 Å². The maximum atomic E-state index is 10.7. The first kappa shape index (κ1) is 24.3. The van der Waals surface area contributed by atoms with E-state index < -0.39 is 68.0 Å². The molecule has 2 heterocycles. The fraction of sp³-hybridized carbons (Fsp3) is 0.700. The summed E-state index contributed by atoms with van der Waals surface area (Å²) >= 11 is 0. The molecule has 2 aliphatic rings. The fourth-order valence-electron chi connectivity index (χ4n) is 3.59. The summed E-state index contributed by atoms with van der Waals surface area (Å²) in [7, 11) is 0. The quantitative estimate of drug-likeness (QED) is 0.231. The minimum atomic E-state index is -1.69. The van der Waals surface area contributed by atoms with Gasteiger partial charge in [-0.2, -0.15) is 0 Å². The summed E-state index contributed by atoms with van der Waals surface area (Å²) in [6, 6.07) is 6.79. The van der Waals surface area contributed by atoms with Crippen LogP contribution in [-0.4, -0.2) is 110 Å². The van der Waals surface area contributed by atoms with Gasteiger partial charge in [-0.1, -0.05) is 12.1 Å². The number of aliphatic hydroxyl groups is 7. The first-order valence-corrected chi connectivity index (χ1v) is 10.1. The molecule has 11 nitrogen and oxygen atoms in total. The van der Waals surface area contributed by atoms with Crippen molar-refractivity contribution < 1.29 is 54.7 Å². The molecule has 176 valence electrons. The lowest BCUT2D eigenvalue weighted by Crippen LogP contribution is -2.64. The van der Waals surface area contributed by atoms with Crippen LogP contribution in [-0.2, 0) is 20.6 Å². The van der Waals surface area contributed by atoms with Crippen molar-refractivity contribution in [3.8, 4) is 5.75 Å². The second-order valence-corrected chi connectivity index (χ2v) is 7.72. The Balaban J connectivity index is 1.70. The molecule has 7 N–H and O–H groups in total. The highest BCUT2D eigenvalue weighted by molar-refractivity contribution is 5.27. The molecule has 11 heteroatoms. The zero-order chi connectivity index (χ0) is 22.7. The zero-order valence-electron chi connectivity index (χ0n) is 17.0. The van der Waals surface area contributed by atoms with Crippen LogP contribution < -0.4 is 4.74 Å². The van der Waals surface area contributed by atoms with Gasteiger partial charge in [0.1, 0.15) is 48.5 Å². The van der Waals surface area contributed by atoms with Crippen molar-refractivity contribution in [3.63, 3.8) is 0 Å². The average Bonchev–Trinajstić information content (AvgIpc) is 2.76. The van der Waals surface area contributed by atoms with Gasteiger partial charge in [0.15, 0.2) is 6.29 Å². The molecule has 0 amide bonds. The van der Waals surface area contributed by atoms with E-state index in [0.29, 0.717) is 12.2 Å². The average molecular weight is 446 g/mol. The lowest BCUT2D eigenvalue weighted by Gasteiger charge is -2.45. The molecule has 2 saturated heterocycles. The summed E-state index contributed by atoms with van der Waals surface area (Å²) in [5.41, 5.74) is 0.896. The second-order valence-electron chi connectivity index (χ2n) is 7.72. The highest BCUT2D eigenvalue weighted by Crippen LogP contribution is 2.30. The van der Waals surface area contributed by atoms with Crippen molar-refractivity contribution in [1.82, 2.24) is 0 Å². The van der Waals surface area contributed by atoms with E-state index in [4.69, 9.17) is 24.1 Å². The Morgan fingerprint density at radius 3 is 2.10 bits per heavy atom. The molecule has 2 fully saturated rings. The highest BCUT2D eigenvalue weighted by atomic mass is 16.7. The largest absolute Gasteiger partial charge is 0.462 e. The predicted molar refractivity (Wildman–Crippen MR) is 103 cm³/mol. The van der Waals surface area contributed by atoms with Gasteiger partial charge in [-0.05, 0) is 31.0 Å². The third-order valence-corrected chi connectivity index (χ3v) is 5.50. The molecule has 1 aromatic rings. The van der Waals surface area contributed by atoms with Crippen LogP contribution in [0.4, 0.5) is 0 Å². The molecule has 0 bridgehead atoms. The summed E-state index contributed by atoms with van der Waals surface area (Å²) in [5.74, 6) is 0.376. The van der Waals surface area contributed by atoms with Crippen LogP contribution in [0, 0.1) is 0 Å². The number of aliphatic hydroxyl groups excluding tert-OH is 7. The van der Waals surface area contributed by atoms with Crippen molar-refractivity contribution in [3.05, 3.63) is 29.8 Å². The number of benzene rings is 1. The van der Waals surface area contributed by atoms with Crippen LogP contribution in [0.1, 0.15) is 12.5 Å². The van der Waals surface area contributed by atoms with Gasteiger partial charge >= 0.3 is 0 Å². The number of hydrogen-bond acceptors (Lipinski definition) is 11. The maximum absolute atomic E-state index is 10.7. The molecular formula is C20H30O11. The number of hydrogen-bond donors (Lipinski definition) is 7. The van der Waals surface area contributed by atoms with Crippen LogP contribution in [0.15, 0.2) is 24.3 Å². The Labute approximate surface area is 179 Å². The van der Waals surface area contributed by atoms with E-state index in [1.54, 1.807) is 31.2 Å². The van der Waals surface area contributed by atoms with Crippen LogP contribution in [0.3, 0.4) is 0 Å². The van der Waals surface area contributed by atoms with Gasteiger partial charge in [-0.15, -0.1) is 0 Å². The predicted octanol–water partition coefficient (Wildman–Crippen LogP) is -2.75. The molecule has 31 heavy (non-hydrogen) atoms. The Morgan fingerprint density at radius 1 is 0.806 bits per heavy atom. The summed E-state index contributed by atoms with van der Waals surface area (Å²) < 4.78 is 22.1. The molecule has 1 aromatic carbocycles. The number of ether oxygens (including phenoxy) is 4. The zero-order valence-corrected chi connectivity index (χ0v) is 17.0. The lowest BCUT2D eigenvalue weighted by atomic mass is 9.97. The standard InChI is InChI=1S/C20H30O11/c1-9-13(23)18(31-19-16(26)15(25)14(24)12(8-22)30-19)17(27)20(28-9)29-11-4-2-10(3-5-11)6-7-21/h2-5,9,12-27H,6-8H2,1H3. The van der Waals surface area contributed by atoms with Gasteiger partial charge in [0.2, 0.25) is 6.29 Å². The van der Waals surface area contributed by atoms with Crippen molar-refractivity contribution in [1.29, 1.82) is 0 Å². The van der Waals surface area contributed by atoms with Crippen LogP contribution in [0.2, 0.25) is 0 Å². The summed E-state index contributed by atoms with van der Waals surface area (Å²) in [6.45, 7) is 0.913. The smallest absolute Gasteiger partial charge is 0.229 e. The molecule has 0 aromatic heterocycles. The van der Waals surface area contributed by atoms with E-state index >= 15 is 0 Å². The monoisotopic (exact) mass is 446 g/mol. The van der Waals surface area contributed by atoms with Crippen molar-refractivity contribution >= 4 is 0 Å². The molecule has 10 atom stereocenters. The van der Waals surface area contributed by atoms with Crippen molar-refractivity contribution in [2.75, 3.05) is 13.2 Å². The normalized spacial score (nSPS) is 41.2. The molecule has 0 spiro atoms. The molecule has 0 saturated carbocycles. The Hall–Kier alpha value is -1.38. The Morgan fingerprint density at radius 2 is 1.48 bits per heavy atom. The molecular weight excluding hydrogens is 416 g/mol. The van der Waals surface area contributed by atoms with E-state index in [9.17, 15) is 30.6 Å². The Kier molecular flexibility index (Phi) is 8.21. The van der Waals surface area contributed by atoms with E-state index in [-0.39, 0.29) is 6.61 Å². The van der Waals surface area contributed by atoms with E-state index in [2.05, 4.69) is 0 Å². The van der Waals surface area contributed by atoms with Crippen LogP contribution in [0.5, 0.6) is 5.75 Å². The summed E-state index contributed by atoms with van der Waals surface area (Å²) in [6.07, 6.45) is -13.4. The van der Waals surface area contributed by atoms with Gasteiger partial charge < -0.3 is 54.7 Å². The molecule has 2 aliphatic heterocycles. The van der Waals surface area contributed by atoms with Crippen LogP contribution >= 0.6 is 0 Å². The molecule has 0 aliphatic carbocycles. The lowest BCUT2D eigenvalue weighted by molar-refractivity contribution is -0.350. The SMILES string of the molecule is CC1OC(Oc2ccc(CCO)cc2)C(O)C(OC2OC(CO)C(O)C(O)C2O)C1O. The van der Waals surface area contributed by atoms with E-state index in [1.165, 1.54) is 0 Å². The first-order valence-electron chi connectivity index (χ1n) is 10.1. The molecule has 10 unspecified atom stereocenters. The maximum Gasteiger partial charge on any atom is 0.229 e. The fourth-order valence-corrected chi connectivity index (χ4v) is 3.59. The molecule has 3 rings (SSSR count). The minimum Gasteiger partial charge on any atom is -0.462 e. The Bertz CT molecular complexity index is 684. The van der Waals surface area contributed by atoms with E-state index in [1.807, 2.05) is 0 Å².